The molecule has 0 atom stereocenters. The molecule has 0 fully saturated rings. The normalized spacial score (nSPS) is 12.0. The summed E-state index contributed by atoms with van der Waals surface area (Å²) >= 11 is 2.48. The quantitative estimate of drug-likeness (QED) is 0.525. The van der Waals surface area contributed by atoms with Gasteiger partial charge in [0.15, 0.2) is 0 Å². The molecule has 0 N–H and O–H groups in total. The minimum atomic E-state index is -1.06. The van der Waals surface area contributed by atoms with Crippen molar-refractivity contribution in [2.75, 3.05) is 0 Å². The fourth-order valence-electron chi connectivity index (χ4n) is 0. The van der Waals surface area contributed by atoms with Gasteiger partial charge < -0.3 is 0 Å². The van der Waals surface area contributed by atoms with Gasteiger partial charge in [-0.05, 0) is 0 Å². The van der Waals surface area contributed by atoms with Crippen LogP contribution in [0, 0.1) is 0 Å². The van der Waals surface area contributed by atoms with Crippen LogP contribution in [-0.4, -0.2) is 11.7 Å². The predicted molar refractivity (Wildman–Crippen MR) is 32.3 cm³/mol. The van der Waals surface area contributed by atoms with E-state index in [9.17, 15) is 0 Å². The topological polar surface area (TPSA) is 0 Å². The van der Waals surface area contributed by atoms with Gasteiger partial charge in [-0.1, -0.05) is 0 Å². The molecule has 0 aliphatic heterocycles. The van der Waals surface area contributed by atoms with Crippen molar-refractivity contribution in [1.29, 1.82) is 0 Å². The van der Waals surface area contributed by atoms with E-state index < -0.39 is 11.7 Å². The Kier molecular flexibility index (Phi) is 2.00. The summed E-state index contributed by atoms with van der Waals surface area (Å²) in [6, 6.07) is 0. The standard InChI is InChI=1S/C3H9AsBr/c1-4(2,3)5/h1-3H3/q+1. The molecular weight excluding hydrogens is 191 g/mol. The monoisotopic (exact) mass is 199 g/mol. The van der Waals surface area contributed by atoms with Gasteiger partial charge in [0.25, 0.3) is 0 Å². The number of hydrogen-bond donors (Lipinski definition) is 0. The molecule has 0 bridgehead atoms. The molecule has 0 nitrogen and oxygen atoms in total. The van der Waals surface area contributed by atoms with Crippen LogP contribution in [0.2, 0.25) is 17.1 Å². The van der Waals surface area contributed by atoms with Gasteiger partial charge in [0.1, 0.15) is 0 Å². The van der Waals surface area contributed by atoms with Gasteiger partial charge in [0.2, 0.25) is 0 Å². The zero-order valence-corrected chi connectivity index (χ0v) is 7.29. The van der Waals surface area contributed by atoms with E-state index in [1.165, 1.54) is 0 Å². The van der Waals surface area contributed by atoms with E-state index in [0.29, 0.717) is 0 Å². The first-order chi connectivity index (χ1) is 2.00. The van der Waals surface area contributed by atoms with Crippen molar-refractivity contribution < 1.29 is 0 Å². The molecule has 0 rings (SSSR count). The van der Waals surface area contributed by atoms with E-state index in [1.54, 1.807) is 0 Å². The summed E-state index contributed by atoms with van der Waals surface area (Å²) in [5, 5.41) is 0. The molecule has 0 aromatic rings. The SMILES string of the molecule is C[As+](C)(C)Br. The number of rotatable bonds is 0. The third-order valence-corrected chi connectivity index (χ3v) is 0. The van der Waals surface area contributed by atoms with Gasteiger partial charge in [-0.25, -0.2) is 0 Å². The van der Waals surface area contributed by atoms with Crippen molar-refractivity contribution in [2.45, 2.75) is 17.1 Å². The first-order valence-corrected chi connectivity index (χ1v) is 11.5. The molecule has 5 heavy (non-hydrogen) atoms. The molecule has 0 unspecified atom stereocenters. The molecule has 0 aromatic carbocycles. The Morgan fingerprint density at radius 1 is 1.20 bits per heavy atom. The molecule has 0 saturated carbocycles. The second-order valence-corrected chi connectivity index (χ2v) is 20.7. The first-order valence-electron chi connectivity index (χ1n) is 1.51. The van der Waals surface area contributed by atoms with Crippen molar-refractivity contribution in [1.82, 2.24) is 0 Å². The summed E-state index contributed by atoms with van der Waals surface area (Å²) in [6.07, 6.45) is 0. The molecule has 0 amide bonds. The van der Waals surface area contributed by atoms with Crippen molar-refractivity contribution >= 4 is 25.6 Å². The van der Waals surface area contributed by atoms with Crippen LogP contribution in [0.15, 0.2) is 0 Å². The van der Waals surface area contributed by atoms with Crippen molar-refractivity contribution in [3.63, 3.8) is 0 Å². The van der Waals surface area contributed by atoms with Crippen LogP contribution in [0.4, 0.5) is 0 Å². The Hall–Kier alpha value is 1.04. The molecule has 0 spiro atoms. The maximum atomic E-state index is 3.55. The van der Waals surface area contributed by atoms with E-state index in [2.05, 4.69) is 31.1 Å². The molecule has 0 heterocycles. The predicted octanol–water partition coefficient (Wildman–Crippen LogP) is 2.22. The minimum absolute atomic E-state index is 1.06. The van der Waals surface area contributed by atoms with Gasteiger partial charge in [0.05, 0.1) is 0 Å². The van der Waals surface area contributed by atoms with E-state index in [4.69, 9.17) is 0 Å². The van der Waals surface area contributed by atoms with Crippen LogP contribution < -0.4 is 0 Å². The van der Waals surface area contributed by atoms with Crippen LogP contribution in [0.1, 0.15) is 0 Å². The Morgan fingerprint density at radius 2 is 1.20 bits per heavy atom. The third kappa shape index (κ3) is 43.1. The van der Waals surface area contributed by atoms with Crippen LogP contribution >= 0.6 is 13.9 Å². The Morgan fingerprint density at radius 3 is 1.20 bits per heavy atom. The van der Waals surface area contributed by atoms with Gasteiger partial charge in [-0.2, -0.15) is 0 Å². The van der Waals surface area contributed by atoms with Gasteiger partial charge in [-0.3, -0.25) is 0 Å². The molecular formula is C3H9AsBr+. The second-order valence-electron chi connectivity index (χ2n) is 1.85. The van der Waals surface area contributed by atoms with Crippen LogP contribution in [0.3, 0.4) is 0 Å². The zero-order chi connectivity index (χ0) is 4.50. The summed E-state index contributed by atoms with van der Waals surface area (Å²) in [5.41, 5.74) is 6.83. The van der Waals surface area contributed by atoms with E-state index >= 15 is 0 Å². The summed E-state index contributed by atoms with van der Waals surface area (Å²) in [6.45, 7) is 0. The van der Waals surface area contributed by atoms with Crippen molar-refractivity contribution in [3.05, 3.63) is 0 Å². The molecule has 2 heteroatoms. The van der Waals surface area contributed by atoms with Gasteiger partial charge >= 0.3 is 42.8 Å². The van der Waals surface area contributed by atoms with Crippen molar-refractivity contribution in [2.24, 2.45) is 0 Å². The first kappa shape index (κ1) is 6.04. The average Bonchev–Trinajstić information content (AvgIpc) is 0.722. The molecule has 0 aliphatic rings. The Balaban J connectivity index is 3.02. The summed E-state index contributed by atoms with van der Waals surface area (Å²) in [4.78, 5) is 0. The fraction of sp³-hybridized carbons (Fsp3) is 1.00. The second kappa shape index (κ2) is 1.66. The Labute approximate surface area is 43.0 Å². The number of hydrogen-bond acceptors (Lipinski definition) is 0. The zero-order valence-electron chi connectivity index (χ0n) is 3.83. The van der Waals surface area contributed by atoms with E-state index in [-0.39, 0.29) is 0 Å². The number of halogens is 1. The van der Waals surface area contributed by atoms with Gasteiger partial charge in [-0.15, -0.1) is 0 Å². The van der Waals surface area contributed by atoms with Crippen LogP contribution in [0.5, 0.6) is 0 Å². The summed E-state index contributed by atoms with van der Waals surface area (Å²) in [5.74, 6) is 0. The maximum absolute atomic E-state index is 3.55. The molecule has 0 aromatic heterocycles. The van der Waals surface area contributed by atoms with Crippen LogP contribution in [-0.2, 0) is 0 Å². The molecule has 0 aliphatic carbocycles. The summed E-state index contributed by atoms with van der Waals surface area (Å²) in [7, 11) is 0. The third-order valence-electron chi connectivity index (χ3n) is 0. The molecule has 0 radical (unpaired) electrons. The summed E-state index contributed by atoms with van der Waals surface area (Å²) < 4.78 is 0. The average molecular weight is 200 g/mol. The Bertz CT molecular complexity index is 22.4. The van der Waals surface area contributed by atoms with E-state index in [0.717, 1.165) is 0 Å². The van der Waals surface area contributed by atoms with E-state index in [1.807, 2.05) is 0 Å². The molecule has 0 saturated heterocycles. The molecule has 32 valence electrons. The fourth-order valence-corrected chi connectivity index (χ4v) is 0. The van der Waals surface area contributed by atoms with Gasteiger partial charge in [0, 0.05) is 0 Å². The van der Waals surface area contributed by atoms with Crippen molar-refractivity contribution in [3.8, 4) is 0 Å². The van der Waals surface area contributed by atoms with Crippen LogP contribution in [0.25, 0.3) is 0 Å².